The van der Waals surface area contributed by atoms with Crippen LogP contribution in [-0.2, 0) is 12.8 Å². The molecule has 0 bridgehead atoms. The van der Waals surface area contributed by atoms with E-state index < -0.39 is 0 Å². The van der Waals surface area contributed by atoms with Gasteiger partial charge in [0.05, 0.1) is 0 Å². The second-order valence-electron chi connectivity index (χ2n) is 4.53. The Morgan fingerprint density at radius 3 is 2.31 bits per heavy atom. The molecule has 1 heterocycles. The van der Waals surface area contributed by atoms with Gasteiger partial charge in [-0.25, -0.2) is 0 Å². The van der Waals surface area contributed by atoms with Crippen LogP contribution in [0.1, 0.15) is 63.6 Å². The van der Waals surface area contributed by atoms with Crippen LogP contribution in [0.5, 0.6) is 0 Å². The Morgan fingerprint density at radius 1 is 0.938 bits per heavy atom. The molecule has 0 aliphatic rings. The van der Waals surface area contributed by atoms with Gasteiger partial charge in [0.25, 0.3) is 0 Å². The Morgan fingerprint density at radius 2 is 1.69 bits per heavy atom. The summed E-state index contributed by atoms with van der Waals surface area (Å²) in [6.07, 6.45) is 12.4. The van der Waals surface area contributed by atoms with Gasteiger partial charge in [-0.3, -0.25) is 4.98 Å². The average Bonchev–Trinajstić information content (AvgIpc) is 2.34. The topological polar surface area (TPSA) is 12.9 Å². The van der Waals surface area contributed by atoms with E-state index in [1.165, 1.54) is 49.8 Å². The van der Waals surface area contributed by atoms with Crippen molar-refractivity contribution in [3.8, 4) is 0 Å². The summed E-state index contributed by atoms with van der Waals surface area (Å²) in [6.45, 7) is 4.43. The van der Waals surface area contributed by atoms with E-state index in [1.807, 2.05) is 6.20 Å². The molecule has 1 rings (SSSR count). The molecular formula is C15H25N. The highest BCUT2D eigenvalue weighted by atomic mass is 14.7. The van der Waals surface area contributed by atoms with Crippen molar-refractivity contribution in [2.24, 2.45) is 0 Å². The first-order valence-electron chi connectivity index (χ1n) is 6.80. The lowest BCUT2D eigenvalue weighted by molar-refractivity contribution is 0.604. The number of pyridine rings is 1. The SMILES string of the molecule is CCCCCCCCc1ccc(CC)cn1. The number of nitrogens with zero attached hydrogens (tertiary/aromatic N) is 1. The summed E-state index contributed by atoms with van der Waals surface area (Å²) in [7, 11) is 0. The molecular weight excluding hydrogens is 194 g/mol. The molecule has 0 amide bonds. The summed E-state index contributed by atoms with van der Waals surface area (Å²) < 4.78 is 0. The van der Waals surface area contributed by atoms with Crippen molar-refractivity contribution in [1.82, 2.24) is 4.98 Å². The van der Waals surface area contributed by atoms with Gasteiger partial charge in [0.15, 0.2) is 0 Å². The molecule has 0 aromatic carbocycles. The van der Waals surface area contributed by atoms with E-state index in [-0.39, 0.29) is 0 Å². The van der Waals surface area contributed by atoms with E-state index >= 15 is 0 Å². The number of hydrogen-bond donors (Lipinski definition) is 0. The Labute approximate surface area is 100 Å². The number of aryl methyl sites for hydroxylation is 2. The third kappa shape index (κ3) is 5.29. The minimum Gasteiger partial charge on any atom is -0.261 e. The Hall–Kier alpha value is -0.850. The van der Waals surface area contributed by atoms with Crippen LogP contribution in [0.3, 0.4) is 0 Å². The maximum Gasteiger partial charge on any atom is 0.0403 e. The van der Waals surface area contributed by atoms with Gasteiger partial charge in [-0.2, -0.15) is 0 Å². The summed E-state index contributed by atoms with van der Waals surface area (Å²) in [5.74, 6) is 0. The van der Waals surface area contributed by atoms with Gasteiger partial charge in [-0.1, -0.05) is 52.0 Å². The van der Waals surface area contributed by atoms with E-state index in [2.05, 4.69) is 31.0 Å². The molecule has 0 aliphatic carbocycles. The predicted octanol–water partition coefficient (Wildman–Crippen LogP) is 4.55. The summed E-state index contributed by atoms with van der Waals surface area (Å²) in [4.78, 5) is 4.48. The maximum atomic E-state index is 4.48. The molecule has 0 fully saturated rings. The van der Waals surface area contributed by atoms with Crippen molar-refractivity contribution in [2.45, 2.75) is 65.2 Å². The molecule has 0 aliphatic heterocycles. The average molecular weight is 219 g/mol. The van der Waals surface area contributed by atoms with E-state index in [4.69, 9.17) is 0 Å². The highest BCUT2D eigenvalue weighted by molar-refractivity contribution is 5.13. The fraction of sp³-hybridized carbons (Fsp3) is 0.667. The van der Waals surface area contributed by atoms with Crippen molar-refractivity contribution in [3.05, 3.63) is 29.6 Å². The molecule has 0 saturated carbocycles. The zero-order valence-corrected chi connectivity index (χ0v) is 10.8. The fourth-order valence-electron chi connectivity index (χ4n) is 1.90. The van der Waals surface area contributed by atoms with E-state index in [9.17, 15) is 0 Å². The monoisotopic (exact) mass is 219 g/mol. The van der Waals surface area contributed by atoms with E-state index in [1.54, 1.807) is 0 Å². The van der Waals surface area contributed by atoms with Gasteiger partial charge >= 0.3 is 0 Å². The van der Waals surface area contributed by atoms with Crippen LogP contribution < -0.4 is 0 Å². The molecule has 1 aromatic rings. The Balaban J connectivity index is 2.12. The molecule has 0 N–H and O–H groups in total. The van der Waals surface area contributed by atoms with Gasteiger partial charge < -0.3 is 0 Å². The standard InChI is InChI=1S/C15H25N/c1-3-5-6-7-8-9-10-15-12-11-14(4-2)13-16-15/h11-13H,3-10H2,1-2H3. The summed E-state index contributed by atoms with van der Waals surface area (Å²) in [6, 6.07) is 4.39. The smallest absolute Gasteiger partial charge is 0.0403 e. The second kappa shape index (κ2) is 8.32. The molecule has 1 nitrogen and oxygen atoms in total. The van der Waals surface area contributed by atoms with Crippen LogP contribution in [0, 0.1) is 0 Å². The second-order valence-corrected chi connectivity index (χ2v) is 4.53. The van der Waals surface area contributed by atoms with Gasteiger partial charge in [-0.15, -0.1) is 0 Å². The molecule has 0 spiro atoms. The molecule has 90 valence electrons. The maximum absolute atomic E-state index is 4.48. The van der Waals surface area contributed by atoms with Crippen molar-refractivity contribution >= 4 is 0 Å². The van der Waals surface area contributed by atoms with Gasteiger partial charge in [0, 0.05) is 11.9 Å². The quantitative estimate of drug-likeness (QED) is 0.585. The molecule has 0 unspecified atom stereocenters. The first kappa shape index (κ1) is 13.2. The fourth-order valence-corrected chi connectivity index (χ4v) is 1.90. The zero-order chi connectivity index (χ0) is 11.6. The van der Waals surface area contributed by atoms with E-state index in [0.717, 1.165) is 12.8 Å². The van der Waals surface area contributed by atoms with Crippen molar-refractivity contribution in [2.75, 3.05) is 0 Å². The Kier molecular flexibility index (Phi) is 6.87. The molecule has 1 heteroatoms. The summed E-state index contributed by atoms with van der Waals surface area (Å²) >= 11 is 0. The van der Waals surface area contributed by atoms with Gasteiger partial charge in [0.2, 0.25) is 0 Å². The third-order valence-corrected chi connectivity index (χ3v) is 3.08. The first-order chi connectivity index (χ1) is 7.86. The van der Waals surface area contributed by atoms with Crippen LogP contribution in [0.2, 0.25) is 0 Å². The highest BCUT2D eigenvalue weighted by Crippen LogP contribution is 2.09. The normalized spacial score (nSPS) is 10.6. The van der Waals surface area contributed by atoms with Crippen LogP contribution in [0.15, 0.2) is 18.3 Å². The van der Waals surface area contributed by atoms with Crippen LogP contribution in [0.25, 0.3) is 0 Å². The highest BCUT2D eigenvalue weighted by Gasteiger charge is 1.96. The minimum atomic E-state index is 1.09. The van der Waals surface area contributed by atoms with Gasteiger partial charge in [0.1, 0.15) is 0 Å². The third-order valence-electron chi connectivity index (χ3n) is 3.08. The van der Waals surface area contributed by atoms with Crippen LogP contribution >= 0.6 is 0 Å². The lowest BCUT2D eigenvalue weighted by Crippen LogP contribution is -1.92. The zero-order valence-electron chi connectivity index (χ0n) is 10.8. The van der Waals surface area contributed by atoms with Crippen molar-refractivity contribution in [3.63, 3.8) is 0 Å². The van der Waals surface area contributed by atoms with Gasteiger partial charge in [-0.05, 0) is 30.9 Å². The minimum absolute atomic E-state index is 1.09. The summed E-state index contributed by atoms with van der Waals surface area (Å²) in [5.41, 5.74) is 2.60. The first-order valence-corrected chi connectivity index (χ1v) is 6.80. The molecule has 0 saturated heterocycles. The molecule has 0 radical (unpaired) electrons. The number of unbranched alkanes of at least 4 members (excludes halogenated alkanes) is 5. The Bertz CT molecular complexity index is 263. The molecule has 0 atom stereocenters. The largest absolute Gasteiger partial charge is 0.261 e. The van der Waals surface area contributed by atoms with Crippen molar-refractivity contribution in [1.29, 1.82) is 0 Å². The number of hydrogen-bond acceptors (Lipinski definition) is 1. The lowest BCUT2D eigenvalue weighted by atomic mass is 10.1. The molecule has 1 aromatic heterocycles. The molecule has 16 heavy (non-hydrogen) atoms. The van der Waals surface area contributed by atoms with Crippen LogP contribution in [0.4, 0.5) is 0 Å². The van der Waals surface area contributed by atoms with E-state index in [0.29, 0.717) is 0 Å². The number of rotatable bonds is 8. The number of aromatic nitrogens is 1. The van der Waals surface area contributed by atoms with Crippen LogP contribution in [-0.4, -0.2) is 4.98 Å². The lowest BCUT2D eigenvalue weighted by Gasteiger charge is -2.02. The van der Waals surface area contributed by atoms with Crippen molar-refractivity contribution < 1.29 is 0 Å². The predicted molar refractivity (Wildman–Crippen MR) is 70.7 cm³/mol. The summed E-state index contributed by atoms with van der Waals surface area (Å²) in [5, 5.41) is 0.